The molecule has 0 spiro atoms. The summed E-state index contributed by atoms with van der Waals surface area (Å²) in [7, 11) is 1.31. The molecule has 13 rings (SSSR count). The summed E-state index contributed by atoms with van der Waals surface area (Å²) in [5, 5.41) is 20.9. The molecule has 1 saturated heterocycles. The number of rotatable bonds is 9. The van der Waals surface area contributed by atoms with Gasteiger partial charge in [0, 0.05) is 89.3 Å². The number of aromatic nitrogens is 2. The predicted molar refractivity (Wildman–Crippen MR) is 295 cm³/mol. The van der Waals surface area contributed by atoms with Gasteiger partial charge in [-0.25, -0.2) is 0 Å². The van der Waals surface area contributed by atoms with Crippen LogP contribution in [0, 0.1) is 0 Å². The number of carbonyl (C=O) groups excluding carboxylic acids is 4. The lowest BCUT2D eigenvalue weighted by atomic mass is 9.80. The second-order valence-corrected chi connectivity index (χ2v) is 20.9. The minimum absolute atomic E-state index is 0.0123. The summed E-state index contributed by atoms with van der Waals surface area (Å²) >= 11 is 5.01. The van der Waals surface area contributed by atoms with Gasteiger partial charge in [0.15, 0.2) is 0 Å². The van der Waals surface area contributed by atoms with Crippen molar-refractivity contribution < 1.29 is 38.5 Å². The second-order valence-electron chi connectivity index (χ2n) is 20.5. The Morgan fingerprint density at radius 2 is 1.33 bits per heavy atom. The minimum Gasteiger partial charge on any atom is -0.508 e. The first kappa shape index (κ1) is 50.0. The molecule has 0 bridgehead atoms. The topological polar surface area (TPSA) is 150 Å². The predicted octanol–water partition coefficient (Wildman–Crippen LogP) is 12.5. The monoisotopic (exact) mass is 1030 g/mol. The van der Waals surface area contributed by atoms with Gasteiger partial charge in [0.2, 0.25) is 5.24 Å². The molecule has 0 saturated carbocycles. The summed E-state index contributed by atoms with van der Waals surface area (Å²) in [5.41, 5.74) is 19.7. The molecule has 75 heavy (non-hydrogen) atoms. The fraction of sp³-hybridized carbons (Fsp3) is 0.355. The number of fused-ring (bicyclic) bond motifs is 20. The Labute approximate surface area is 441 Å². The maximum atomic E-state index is 13.2. The zero-order chi connectivity index (χ0) is 52.2. The van der Waals surface area contributed by atoms with Gasteiger partial charge in [0.05, 0.1) is 41.5 Å². The molecule has 5 heterocycles. The second kappa shape index (κ2) is 20.5. The number of benzene rings is 6. The van der Waals surface area contributed by atoms with Gasteiger partial charge < -0.3 is 39.1 Å². The zero-order valence-corrected chi connectivity index (χ0v) is 44.1. The fourth-order valence-electron chi connectivity index (χ4n) is 12.7. The summed E-state index contributed by atoms with van der Waals surface area (Å²) in [6.07, 6.45) is 8.27. The van der Waals surface area contributed by atoms with E-state index in [9.17, 15) is 24.3 Å². The highest BCUT2D eigenvalue weighted by atomic mass is 35.5. The molecule has 386 valence electrons. The number of nitrogens with zero attached hydrogens (tertiary/aromatic N) is 2. The van der Waals surface area contributed by atoms with E-state index < -0.39 is 5.24 Å². The third kappa shape index (κ3) is 8.79. The molecule has 0 radical (unpaired) electrons. The number of para-hydroxylation sites is 1. The van der Waals surface area contributed by atoms with Gasteiger partial charge >= 0.3 is 5.97 Å². The summed E-state index contributed by atoms with van der Waals surface area (Å²) < 4.78 is 21.3. The number of phenols is 1. The molecule has 2 aliphatic carbocycles. The molecule has 3 N–H and O–H groups in total. The SMILES string of the molecule is CCn1c2ccc(C3CCCCO3)cc2c2c3c(c4c(c21)CCc1cc(O)ccc1-4)C(=O)NC3.CCn1c2ccccc2c2c3c(c4c(c21)CCc1cc(OC(C)C)ccc1-4)C(=O)NC3.COC(=O)CCCC(=O)Cl. The van der Waals surface area contributed by atoms with Gasteiger partial charge in [-0.3, -0.25) is 19.2 Å². The van der Waals surface area contributed by atoms with Gasteiger partial charge in [-0.05, 0) is 183 Å². The Kier molecular flexibility index (Phi) is 13.7. The van der Waals surface area contributed by atoms with Crippen LogP contribution in [-0.2, 0) is 70.9 Å². The maximum Gasteiger partial charge on any atom is 0.305 e. The van der Waals surface area contributed by atoms with Crippen molar-refractivity contribution in [1.29, 1.82) is 0 Å². The zero-order valence-electron chi connectivity index (χ0n) is 43.3. The van der Waals surface area contributed by atoms with Crippen LogP contribution >= 0.6 is 11.6 Å². The standard InChI is InChI=1S/C29H28N2O3.C27H26N2O2.C6H9ClO3/c1-2-31-23-11-7-17(24-5-3-4-12-34-24)14-21(23)26-22-15-30-29(33)27(22)25-19-10-8-18(32)13-16(19)6-9-20(25)28(26)31;1-4-29-22-8-6-5-7-19(22)24-21-14-28-27(30)25(21)23-18-12-10-17(31-15(2)3)13-16(18)9-11-20(23)26(24)29;1-10-6(9)4-2-3-5(7)8/h7-8,10-11,13-14,24,32H,2-6,9,12,15H2,1H3,(H,30,33);5-8,10,12-13,15H,4,9,11,14H2,1-3H3,(H,28,30);2-4H2,1H3. The Bertz CT molecular complexity index is 3650. The minimum atomic E-state index is -0.413. The Hall–Kier alpha value is -7.15. The number of hydrogen-bond acceptors (Lipinski definition) is 8. The number of ether oxygens (including phenoxy) is 3. The molecule has 6 aromatic carbocycles. The number of methoxy groups -OCH3 is 1. The van der Waals surface area contributed by atoms with Crippen LogP contribution in [0.4, 0.5) is 0 Å². The molecule has 12 nitrogen and oxygen atoms in total. The lowest BCUT2D eigenvalue weighted by Crippen LogP contribution is -2.16. The molecular weight excluding hydrogens is 964 g/mol. The number of aryl methyl sites for hydroxylation is 6. The summed E-state index contributed by atoms with van der Waals surface area (Å²) in [6.45, 7) is 12.3. The smallest absolute Gasteiger partial charge is 0.305 e. The number of esters is 1. The quantitative estimate of drug-likeness (QED) is 0.0955. The molecule has 1 atom stereocenters. The van der Waals surface area contributed by atoms with Crippen LogP contribution in [0.3, 0.4) is 0 Å². The highest BCUT2D eigenvalue weighted by Gasteiger charge is 2.36. The van der Waals surface area contributed by atoms with Crippen LogP contribution in [-0.4, -0.2) is 57.1 Å². The third-order valence-corrected chi connectivity index (χ3v) is 16.0. The number of aromatic hydroxyl groups is 1. The largest absolute Gasteiger partial charge is 0.508 e. The number of amides is 2. The van der Waals surface area contributed by atoms with Gasteiger partial charge in [-0.1, -0.05) is 36.4 Å². The number of carbonyl (C=O) groups is 4. The van der Waals surface area contributed by atoms with E-state index in [0.717, 1.165) is 108 Å². The van der Waals surface area contributed by atoms with Crippen LogP contribution in [0.25, 0.3) is 65.9 Å². The van der Waals surface area contributed by atoms with Crippen LogP contribution in [0.5, 0.6) is 11.5 Å². The van der Waals surface area contributed by atoms with Gasteiger partial charge in [0.1, 0.15) is 11.5 Å². The highest BCUT2D eigenvalue weighted by Crippen LogP contribution is 2.50. The van der Waals surface area contributed by atoms with E-state index in [2.05, 4.69) is 92.9 Å². The van der Waals surface area contributed by atoms with Crippen LogP contribution in [0.1, 0.15) is 132 Å². The number of nitrogens with one attached hydrogen (secondary N) is 2. The highest BCUT2D eigenvalue weighted by molar-refractivity contribution is 6.63. The van der Waals surface area contributed by atoms with Crippen molar-refractivity contribution in [1.82, 2.24) is 19.8 Å². The van der Waals surface area contributed by atoms with Crippen molar-refractivity contribution in [3.63, 3.8) is 0 Å². The molecule has 5 aliphatic rings. The Morgan fingerprint density at radius 3 is 1.93 bits per heavy atom. The molecule has 8 aromatic rings. The van der Waals surface area contributed by atoms with Crippen molar-refractivity contribution in [2.45, 2.75) is 130 Å². The van der Waals surface area contributed by atoms with Gasteiger partial charge in [-0.2, -0.15) is 0 Å². The first-order valence-corrected chi connectivity index (χ1v) is 27.1. The van der Waals surface area contributed by atoms with Crippen molar-refractivity contribution in [3.05, 3.63) is 129 Å². The Morgan fingerprint density at radius 1 is 0.720 bits per heavy atom. The number of phenolic OH excluding ortho intramolecular Hbond substituents is 1. The fourth-order valence-corrected chi connectivity index (χ4v) is 12.8. The molecule has 2 aromatic heterocycles. The Balaban J connectivity index is 0.000000137. The van der Waals surface area contributed by atoms with E-state index in [1.807, 2.05) is 32.0 Å². The lowest BCUT2D eigenvalue weighted by Gasteiger charge is -2.25. The summed E-state index contributed by atoms with van der Waals surface area (Å²) in [4.78, 5) is 46.8. The van der Waals surface area contributed by atoms with E-state index in [0.29, 0.717) is 19.5 Å². The average Bonchev–Trinajstić information content (AvgIpc) is 4.23. The summed E-state index contributed by atoms with van der Waals surface area (Å²) in [5.74, 6) is 0.944. The van der Waals surface area contributed by atoms with Crippen molar-refractivity contribution in [2.75, 3.05) is 13.7 Å². The van der Waals surface area contributed by atoms with E-state index in [-0.39, 0.29) is 48.6 Å². The van der Waals surface area contributed by atoms with Crippen LogP contribution in [0.2, 0.25) is 0 Å². The average molecular weight is 1030 g/mol. The molecule has 13 heteroatoms. The molecule has 2 amide bonds. The molecule has 3 aliphatic heterocycles. The summed E-state index contributed by atoms with van der Waals surface area (Å²) in [6, 6.07) is 27.4. The van der Waals surface area contributed by atoms with Crippen molar-refractivity contribution >= 4 is 78.2 Å². The third-order valence-electron chi connectivity index (χ3n) is 15.8. The molecular formula is C62H63ClN4O8. The van der Waals surface area contributed by atoms with Crippen LogP contribution in [0.15, 0.2) is 78.9 Å². The van der Waals surface area contributed by atoms with Gasteiger partial charge in [0.25, 0.3) is 11.8 Å². The normalized spacial score (nSPS) is 16.0. The van der Waals surface area contributed by atoms with E-state index in [4.69, 9.17) is 21.1 Å². The first-order valence-electron chi connectivity index (χ1n) is 26.7. The van der Waals surface area contributed by atoms with E-state index >= 15 is 0 Å². The maximum absolute atomic E-state index is 13.2. The van der Waals surface area contributed by atoms with Gasteiger partial charge in [-0.15, -0.1) is 0 Å². The van der Waals surface area contributed by atoms with Crippen molar-refractivity contribution in [2.24, 2.45) is 0 Å². The van der Waals surface area contributed by atoms with Crippen molar-refractivity contribution in [3.8, 4) is 33.8 Å². The lowest BCUT2D eigenvalue weighted by molar-refractivity contribution is -0.140. The number of hydrogen-bond donors (Lipinski definition) is 3. The number of halogens is 1. The van der Waals surface area contributed by atoms with E-state index in [1.54, 1.807) is 6.07 Å². The van der Waals surface area contributed by atoms with E-state index in [1.165, 1.54) is 85.0 Å². The molecule has 1 fully saturated rings. The first-order chi connectivity index (χ1) is 36.4. The van der Waals surface area contributed by atoms with Crippen LogP contribution < -0.4 is 15.4 Å². The molecule has 1 unspecified atom stereocenters.